The normalized spacial score (nSPS) is 14.8. The summed E-state index contributed by atoms with van der Waals surface area (Å²) in [7, 11) is 0. The average Bonchev–Trinajstić information content (AvgIpc) is 2.70. The van der Waals surface area contributed by atoms with Crippen LogP contribution in [0.3, 0.4) is 0 Å². The van der Waals surface area contributed by atoms with Crippen molar-refractivity contribution in [2.24, 2.45) is 0 Å². The summed E-state index contributed by atoms with van der Waals surface area (Å²) < 4.78 is 4.58. The third-order valence-corrected chi connectivity index (χ3v) is 3.53. The van der Waals surface area contributed by atoms with E-state index in [0.717, 1.165) is 4.90 Å². The van der Waals surface area contributed by atoms with Crippen molar-refractivity contribution in [2.45, 2.75) is 13.0 Å². The number of thiocarbonyl (C=S) groups is 1. The van der Waals surface area contributed by atoms with Gasteiger partial charge < -0.3 is 3.79 Å². The van der Waals surface area contributed by atoms with Gasteiger partial charge in [-0.05, 0) is 31.3 Å². The summed E-state index contributed by atoms with van der Waals surface area (Å²) in [5.74, 6) is -1.58. The summed E-state index contributed by atoms with van der Waals surface area (Å²) in [5.41, 5.74) is 0.587. The number of carbonyl (C=O) groups excluding carboxylic acids is 3. The Labute approximate surface area is 128 Å². The van der Waals surface area contributed by atoms with E-state index < -0.39 is 23.8 Å². The van der Waals surface area contributed by atoms with E-state index in [-0.39, 0.29) is 5.17 Å². The zero-order valence-electron chi connectivity index (χ0n) is 10.5. The molecule has 0 aromatic heterocycles. The van der Waals surface area contributed by atoms with Crippen molar-refractivity contribution >= 4 is 51.7 Å². The SMILES string of the molecule is CC(C(=O)NC(=S)[O][Al])N1C(=O)c2ccccc2C1=O. The summed E-state index contributed by atoms with van der Waals surface area (Å²) >= 11 is 6.58. The molecule has 1 atom stereocenters. The van der Waals surface area contributed by atoms with Crippen LogP contribution in [0.15, 0.2) is 24.3 Å². The van der Waals surface area contributed by atoms with Crippen molar-refractivity contribution in [1.82, 2.24) is 10.2 Å². The van der Waals surface area contributed by atoms with Crippen LogP contribution in [-0.4, -0.2) is 50.5 Å². The predicted octanol–water partition coefficient (Wildman–Crippen LogP) is 0.172. The molecule has 0 spiro atoms. The number of amides is 3. The van der Waals surface area contributed by atoms with Gasteiger partial charge in [0, 0.05) is 0 Å². The highest BCUT2D eigenvalue weighted by Crippen LogP contribution is 2.24. The Morgan fingerprint density at radius 1 is 1.30 bits per heavy atom. The van der Waals surface area contributed by atoms with E-state index in [1.807, 2.05) is 16.6 Å². The highest BCUT2D eigenvalue weighted by Gasteiger charge is 2.40. The summed E-state index contributed by atoms with van der Waals surface area (Å²) in [6, 6.07) is 5.44. The molecule has 1 aliphatic heterocycles. The lowest BCUT2D eigenvalue weighted by atomic mass is 10.1. The van der Waals surface area contributed by atoms with Gasteiger partial charge in [0.05, 0.1) is 11.1 Å². The van der Waals surface area contributed by atoms with E-state index in [4.69, 9.17) is 12.2 Å². The van der Waals surface area contributed by atoms with Gasteiger partial charge >= 0.3 is 16.6 Å². The highest BCUT2D eigenvalue weighted by atomic mass is 32.1. The fourth-order valence-corrected chi connectivity index (χ4v) is 2.07. The van der Waals surface area contributed by atoms with E-state index in [1.165, 1.54) is 6.92 Å². The first-order valence-electron chi connectivity index (χ1n) is 5.66. The maximum absolute atomic E-state index is 12.2. The van der Waals surface area contributed by atoms with Crippen molar-refractivity contribution in [3.05, 3.63) is 35.4 Å². The Bertz CT molecular complexity index is 584. The maximum Gasteiger partial charge on any atom is 0.484 e. The number of fused-ring (bicyclic) bond motifs is 1. The van der Waals surface area contributed by atoms with Crippen LogP contribution in [0, 0.1) is 0 Å². The smallest absolute Gasteiger partial charge is 0.484 e. The molecule has 1 unspecified atom stereocenters. The molecule has 0 saturated carbocycles. The van der Waals surface area contributed by atoms with Crippen LogP contribution in [-0.2, 0) is 8.58 Å². The predicted molar refractivity (Wildman–Crippen MR) is 74.0 cm³/mol. The van der Waals surface area contributed by atoms with E-state index in [0.29, 0.717) is 11.1 Å². The quantitative estimate of drug-likeness (QED) is 0.479. The lowest BCUT2D eigenvalue weighted by Gasteiger charge is -2.21. The van der Waals surface area contributed by atoms with E-state index in [1.54, 1.807) is 24.3 Å². The minimum Gasteiger partial charge on any atom is -0.633 e. The maximum atomic E-state index is 12.2. The summed E-state index contributed by atoms with van der Waals surface area (Å²) in [5, 5.41) is 2.13. The number of carbonyl (C=O) groups is 3. The molecule has 1 N–H and O–H groups in total. The second kappa shape index (κ2) is 5.71. The second-order valence-corrected chi connectivity index (χ2v) is 4.70. The van der Waals surface area contributed by atoms with Gasteiger partial charge in [-0.1, -0.05) is 12.1 Å². The third-order valence-electron chi connectivity index (χ3n) is 2.92. The van der Waals surface area contributed by atoms with Crippen LogP contribution in [0.2, 0.25) is 0 Å². The van der Waals surface area contributed by atoms with Gasteiger partial charge in [0.2, 0.25) is 11.1 Å². The molecular weight excluding hydrogens is 295 g/mol. The zero-order chi connectivity index (χ0) is 14.9. The van der Waals surface area contributed by atoms with Crippen LogP contribution in [0.25, 0.3) is 0 Å². The third kappa shape index (κ3) is 2.45. The fourth-order valence-electron chi connectivity index (χ4n) is 1.91. The molecule has 2 rings (SSSR count). The zero-order valence-corrected chi connectivity index (χ0v) is 12.4. The molecule has 0 aliphatic carbocycles. The molecule has 6 nitrogen and oxygen atoms in total. The molecule has 20 heavy (non-hydrogen) atoms. The Balaban J connectivity index is 2.23. The van der Waals surface area contributed by atoms with E-state index in [9.17, 15) is 14.4 Å². The Morgan fingerprint density at radius 2 is 1.80 bits per heavy atom. The van der Waals surface area contributed by atoms with Crippen molar-refractivity contribution < 1.29 is 18.2 Å². The van der Waals surface area contributed by atoms with Gasteiger partial charge in [-0.2, -0.15) is 0 Å². The van der Waals surface area contributed by atoms with Gasteiger partial charge in [-0.25, -0.2) is 0 Å². The minimum atomic E-state index is -0.986. The lowest BCUT2D eigenvalue weighted by Crippen LogP contribution is -2.49. The molecule has 1 aromatic carbocycles. The highest BCUT2D eigenvalue weighted by molar-refractivity contribution is 7.80. The van der Waals surface area contributed by atoms with Crippen molar-refractivity contribution in [3.63, 3.8) is 0 Å². The molecule has 8 heteroatoms. The van der Waals surface area contributed by atoms with Gasteiger partial charge in [0.1, 0.15) is 6.04 Å². The number of hydrogen-bond acceptors (Lipinski definition) is 5. The number of rotatable bonds is 2. The standard InChI is InChI=1S/C12H10N2O4S.Al/c1-6(9(15)13-12(18)19)14-10(16)7-4-2-3-5-8(7)11(14)17;/h2-6H,1H3,(H2,13,15,18,19);/q;+1/p-1. The first-order chi connectivity index (χ1) is 9.47. The monoisotopic (exact) mass is 304 g/mol. The largest absolute Gasteiger partial charge is 0.633 e. The number of nitrogens with zero attached hydrogens (tertiary/aromatic N) is 1. The van der Waals surface area contributed by atoms with Gasteiger partial charge in [-0.15, -0.1) is 0 Å². The molecule has 100 valence electrons. The van der Waals surface area contributed by atoms with Crippen molar-refractivity contribution in [2.75, 3.05) is 0 Å². The van der Waals surface area contributed by atoms with Crippen molar-refractivity contribution in [1.29, 1.82) is 0 Å². The Hall–Kier alpha value is -1.75. The van der Waals surface area contributed by atoms with Gasteiger partial charge in [0.25, 0.3) is 11.8 Å². The summed E-state index contributed by atoms with van der Waals surface area (Å²) in [4.78, 5) is 37.1. The van der Waals surface area contributed by atoms with Crippen LogP contribution < -0.4 is 5.32 Å². The Morgan fingerprint density at radius 3 is 2.25 bits per heavy atom. The molecule has 2 radical (unpaired) electrons. The van der Waals surface area contributed by atoms with Crippen molar-refractivity contribution in [3.8, 4) is 0 Å². The molecule has 1 aliphatic rings. The minimum absolute atomic E-state index is 0.150. The first kappa shape index (κ1) is 14.7. The number of benzene rings is 1. The van der Waals surface area contributed by atoms with Gasteiger partial charge in [0.15, 0.2) is 0 Å². The molecule has 1 heterocycles. The van der Waals surface area contributed by atoms with Gasteiger partial charge in [-0.3, -0.25) is 24.6 Å². The van der Waals surface area contributed by atoms with Crippen LogP contribution in [0.4, 0.5) is 0 Å². The number of imide groups is 1. The second-order valence-electron chi connectivity index (χ2n) is 4.10. The average molecular weight is 304 g/mol. The molecule has 3 amide bonds. The summed E-state index contributed by atoms with van der Waals surface area (Å²) in [6.45, 7) is 1.45. The van der Waals surface area contributed by atoms with E-state index in [2.05, 4.69) is 9.11 Å². The Kier molecular flexibility index (Phi) is 4.18. The molecule has 0 fully saturated rings. The fraction of sp³-hybridized carbons (Fsp3) is 0.167. The number of hydrogen-bond donors (Lipinski definition) is 1. The number of nitrogens with one attached hydrogen (secondary N) is 1. The molecule has 0 bridgehead atoms. The molecular formula is C12H9AlN2O4S. The van der Waals surface area contributed by atoms with E-state index >= 15 is 0 Å². The molecule has 1 aromatic rings. The molecule has 0 saturated heterocycles. The van der Waals surface area contributed by atoms with Crippen LogP contribution >= 0.6 is 12.2 Å². The lowest BCUT2D eigenvalue weighted by molar-refractivity contribution is -0.123. The topological polar surface area (TPSA) is 75.7 Å². The van der Waals surface area contributed by atoms with Crippen LogP contribution in [0.5, 0.6) is 0 Å². The van der Waals surface area contributed by atoms with Crippen LogP contribution in [0.1, 0.15) is 27.6 Å². The first-order valence-corrected chi connectivity index (χ1v) is 6.53. The summed E-state index contributed by atoms with van der Waals surface area (Å²) in [6.07, 6.45) is 0.